The number of nitrogens with one attached hydrogen (secondary N) is 1. The van der Waals surface area contributed by atoms with Gasteiger partial charge in [0, 0.05) is 10.6 Å². The highest BCUT2D eigenvalue weighted by atomic mass is 35.5. The summed E-state index contributed by atoms with van der Waals surface area (Å²) >= 11 is 12.2. The SMILES string of the molecule is O=C1c2ccccc2C(=O)N1c1cn[nH]c1-c1ccc(Cl)cc1Cl. The molecule has 2 aromatic carbocycles. The van der Waals surface area contributed by atoms with Gasteiger partial charge < -0.3 is 0 Å². The molecule has 2 amide bonds. The van der Waals surface area contributed by atoms with Crippen LogP contribution in [0.2, 0.25) is 10.0 Å². The molecule has 1 aromatic heterocycles. The highest BCUT2D eigenvalue weighted by Crippen LogP contribution is 2.38. The van der Waals surface area contributed by atoms with Gasteiger partial charge in [-0.1, -0.05) is 35.3 Å². The number of hydrogen-bond donors (Lipinski definition) is 1. The Hall–Kier alpha value is -2.63. The topological polar surface area (TPSA) is 66.1 Å². The molecular weight excluding hydrogens is 349 g/mol. The Balaban J connectivity index is 1.85. The first-order valence-electron chi connectivity index (χ1n) is 7.04. The molecule has 0 fully saturated rings. The summed E-state index contributed by atoms with van der Waals surface area (Å²) < 4.78 is 0. The minimum atomic E-state index is -0.386. The summed E-state index contributed by atoms with van der Waals surface area (Å²) in [6.45, 7) is 0. The molecule has 7 heteroatoms. The second-order valence-corrected chi connectivity index (χ2v) is 6.09. The minimum Gasteiger partial charge on any atom is -0.276 e. The van der Waals surface area contributed by atoms with Crippen LogP contribution in [0.25, 0.3) is 11.3 Å². The Labute approximate surface area is 146 Å². The molecule has 0 radical (unpaired) electrons. The maximum Gasteiger partial charge on any atom is 0.266 e. The molecule has 0 saturated carbocycles. The number of nitrogens with zero attached hydrogens (tertiary/aromatic N) is 2. The molecule has 2 heterocycles. The number of anilines is 1. The van der Waals surface area contributed by atoms with Crippen LogP contribution in [0.4, 0.5) is 5.69 Å². The number of carbonyl (C=O) groups is 2. The normalized spacial score (nSPS) is 13.5. The third-order valence-electron chi connectivity index (χ3n) is 3.85. The van der Waals surface area contributed by atoms with E-state index < -0.39 is 0 Å². The van der Waals surface area contributed by atoms with Crippen molar-refractivity contribution in [1.82, 2.24) is 10.2 Å². The van der Waals surface area contributed by atoms with Gasteiger partial charge in [0.25, 0.3) is 11.8 Å². The lowest BCUT2D eigenvalue weighted by atomic mass is 10.1. The number of aromatic amines is 1. The van der Waals surface area contributed by atoms with Gasteiger partial charge in [0.2, 0.25) is 0 Å². The van der Waals surface area contributed by atoms with Crippen LogP contribution in [0.3, 0.4) is 0 Å². The van der Waals surface area contributed by atoms with Gasteiger partial charge in [0.05, 0.1) is 33.7 Å². The predicted octanol–water partition coefficient (Wildman–Crippen LogP) is 4.18. The van der Waals surface area contributed by atoms with Crippen molar-refractivity contribution in [2.24, 2.45) is 0 Å². The fourth-order valence-electron chi connectivity index (χ4n) is 2.75. The van der Waals surface area contributed by atoms with E-state index in [4.69, 9.17) is 23.2 Å². The smallest absolute Gasteiger partial charge is 0.266 e. The minimum absolute atomic E-state index is 0.352. The fraction of sp³-hybridized carbons (Fsp3) is 0. The number of rotatable bonds is 2. The molecule has 1 aliphatic rings. The first-order chi connectivity index (χ1) is 11.6. The number of carbonyl (C=O) groups excluding carboxylic acids is 2. The number of hydrogen-bond acceptors (Lipinski definition) is 3. The number of fused-ring (bicyclic) bond motifs is 1. The molecule has 0 aliphatic carbocycles. The van der Waals surface area contributed by atoms with Crippen molar-refractivity contribution < 1.29 is 9.59 Å². The maximum atomic E-state index is 12.6. The molecule has 0 bridgehead atoms. The summed E-state index contributed by atoms with van der Waals surface area (Å²) in [7, 11) is 0. The average Bonchev–Trinajstić information content (AvgIpc) is 3.12. The van der Waals surface area contributed by atoms with E-state index >= 15 is 0 Å². The van der Waals surface area contributed by atoms with Crippen molar-refractivity contribution in [3.63, 3.8) is 0 Å². The number of amides is 2. The van der Waals surface area contributed by atoms with Gasteiger partial charge in [0.1, 0.15) is 0 Å². The van der Waals surface area contributed by atoms with Crippen molar-refractivity contribution in [3.8, 4) is 11.3 Å². The van der Waals surface area contributed by atoms with Crippen LogP contribution in [0, 0.1) is 0 Å². The van der Waals surface area contributed by atoms with Crippen molar-refractivity contribution in [1.29, 1.82) is 0 Å². The molecule has 118 valence electrons. The second-order valence-electron chi connectivity index (χ2n) is 5.25. The molecule has 0 unspecified atom stereocenters. The molecule has 4 rings (SSSR count). The summed E-state index contributed by atoms with van der Waals surface area (Å²) in [6.07, 6.45) is 1.43. The third kappa shape index (κ3) is 2.13. The monoisotopic (exact) mass is 357 g/mol. The zero-order valence-electron chi connectivity index (χ0n) is 12.1. The highest BCUT2D eigenvalue weighted by Gasteiger charge is 2.38. The number of H-pyrrole nitrogens is 1. The van der Waals surface area contributed by atoms with Crippen molar-refractivity contribution in [2.75, 3.05) is 4.90 Å². The van der Waals surface area contributed by atoms with Gasteiger partial charge in [0.15, 0.2) is 0 Å². The van der Waals surface area contributed by atoms with Crippen LogP contribution in [-0.2, 0) is 0 Å². The van der Waals surface area contributed by atoms with Crippen LogP contribution < -0.4 is 4.90 Å². The van der Waals surface area contributed by atoms with E-state index in [1.165, 1.54) is 6.20 Å². The van der Waals surface area contributed by atoms with Crippen molar-refractivity contribution in [2.45, 2.75) is 0 Å². The lowest BCUT2D eigenvalue weighted by Gasteiger charge is -2.14. The van der Waals surface area contributed by atoms with E-state index in [9.17, 15) is 9.59 Å². The standard InChI is InChI=1S/C17H9Cl2N3O2/c18-9-5-6-12(13(19)7-9)15-14(8-20-21-15)22-16(23)10-3-1-2-4-11(10)17(22)24/h1-8H,(H,20,21). The molecule has 0 spiro atoms. The van der Waals surface area contributed by atoms with Crippen LogP contribution in [0.5, 0.6) is 0 Å². The number of aromatic nitrogens is 2. The summed E-state index contributed by atoms with van der Waals surface area (Å²) in [5.74, 6) is -0.772. The fourth-order valence-corrected chi connectivity index (χ4v) is 3.25. The summed E-state index contributed by atoms with van der Waals surface area (Å²) in [4.78, 5) is 26.4. The van der Waals surface area contributed by atoms with Gasteiger partial charge in [-0.3, -0.25) is 14.7 Å². The molecule has 24 heavy (non-hydrogen) atoms. The second kappa shape index (κ2) is 5.47. The summed E-state index contributed by atoms with van der Waals surface area (Å²) in [5, 5.41) is 7.66. The Kier molecular flexibility index (Phi) is 3.40. The van der Waals surface area contributed by atoms with Crippen LogP contribution in [0.1, 0.15) is 20.7 Å². The Morgan fingerprint density at radius 1 is 0.917 bits per heavy atom. The third-order valence-corrected chi connectivity index (χ3v) is 4.40. The number of benzene rings is 2. The quantitative estimate of drug-likeness (QED) is 0.699. The van der Waals surface area contributed by atoms with Crippen LogP contribution in [0.15, 0.2) is 48.7 Å². The molecular formula is C17H9Cl2N3O2. The van der Waals surface area contributed by atoms with E-state index in [-0.39, 0.29) is 11.8 Å². The van der Waals surface area contributed by atoms with E-state index in [0.29, 0.717) is 38.1 Å². The van der Waals surface area contributed by atoms with E-state index in [1.807, 2.05) is 0 Å². The number of imide groups is 1. The van der Waals surface area contributed by atoms with Gasteiger partial charge in [-0.05, 0) is 30.3 Å². The Bertz CT molecular complexity index is 962. The van der Waals surface area contributed by atoms with E-state index in [0.717, 1.165) is 4.90 Å². The lowest BCUT2D eigenvalue weighted by Crippen LogP contribution is -2.29. The molecule has 3 aromatic rings. The van der Waals surface area contributed by atoms with Gasteiger partial charge in [-0.15, -0.1) is 0 Å². The van der Waals surface area contributed by atoms with Crippen LogP contribution >= 0.6 is 23.2 Å². The molecule has 1 aliphatic heterocycles. The Morgan fingerprint density at radius 2 is 1.58 bits per heavy atom. The van der Waals surface area contributed by atoms with Crippen molar-refractivity contribution in [3.05, 3.63) is 69.8 Å². The zero-order valence-corrected chi connectivity index (χ0v) is 13.6. The number of halogens is 2. The van der Waals surface area contributed by atoms with Crippen molar-refractivity contribution >= 4 is 40.7 Å². The van der Waals surface area contributed by atoms with E-state index in [1.54, 1.807) is 42.5 Å². The first-order valence-corrected chi connectivity index (χ1v) is 7.80. The maximum absolute atomic E-state index is 12.6. The lowest BCUT2D eigenvalue weighted by molar-refractivity contribution is 0.0926. The Morgan fingerprint density at radius 3 is 2.21 bits per heavy atom. The molecule has 5 nitrogen and oxygen atoms in total. The average molecular weight is 358 g/mol. The van der Waals surface area contributed by atoms with E-state index in [2.05, 4.69) is 10.2 Å². The van der Waals surface area contributed by atoms with Crippen LogP contribution in [-0.4, -0.2) is 22.0 Å². The van der Waals surface area contributed by atoms with Gasteiger partial charge in [-0.2, -0.15) is 5.10 Å². The highest BCUT2D eigenvalue weighted by molar-refractivity contribution is 6.37. The zero-order chi connectivity index (χ0) is 16.8. The molecule has 0 atom stereocenters. The first kappa shape index (κ1) is 14.9. The van der Waals surface area contributed by atoms with Gasteiger partial charge >= 0.3 is 0 Å². The van der Waals surface area contributed by atoms with Gasteiger partial charge in [-0.25, -0.2) is 4.90 Å². The molecule has 0 saturated heterocycles. The largest absolute Gasteiger partial charge is 0.276 e. The summed E-state index contributed by atoms with van der Waals surface area (Å²) in [6, 6.07) is 11.7. The predicted molar refractivity (Wildman–Crippen MR) is 91.6 cm³/mol. The molecule has 1 N–H and O–H groups in total. The summed E-state index contributed by atoms with van der Waals surface area (Å²) in [5.41, 5.74) is 2.18.